The van der Waals surface area contributed by atoms with Gasteiger partial charge in [-0.15, -0.1) is 0 Å². The smallest absolute Gasteiger partial charge is 0.323 e. The van der Waals surface area contributed by atoms with Crippen molar-refractivity contribution in [3.8, 4) is 0 Å². The number of anilines is 2. The van der Waals surface area contributed by atoms with Gasteiger partial charge in [-0.05, 0) is 61.1 Å². The third-order valence-corrected chi connectivity index (χ3v) is 5.11. The van der Waals surface area contributed by atoms with E-state index < -0.39 is 0 Å². The molecule has 0 atom stereocenters. The number of hydrogen-bond acceptors (Lipinski definition) is 2. The summed E-state index contributed by atoms with van der Waals surface area (Å²) in [5.74, 6) is 0.532. The zero-order valence-corrected chi connectivity index (χ0v) is 14.9. The molecule has 1 heterocycles. The average Bonchev–Trinajstić information content (AvgIpc) is 3.47. The van der Waals surface area contributed by atoms with Crippen LogP contribution < -0.4 is 10.6 Å². The van der Waals surface area contributed by atoms with E-state index in [1.807, 2.05) is 48.2 Å². The van der Waals surface area contributed by atoms with Crippen molar-refractivity contribution >= 4 is 23.3 Å². The number of carbonyl (C=O) groups is 2. The zero-order chi connectivity index (χ0) is 18.1. The Morgan fingerprint density at radius 2 is 1.85 bits per heavy atom. The predicted octanol–water partition coefficient (Wildman–Crippen LogP) is 3.93. The summed E-state index contributed by atoms with van der Waals surface area (Å²) in [6, 6.07) is 13.4. The molecule has 0 spiro atoms. The Morgan fingerprint density at radius 1 is 1.04 bits per heavy atom. The van der Waals surface area contributed by atoms with Crippen LogP contribution in [-0.4, -0.2) is 23.4 Å². The molecular formula is C21H23N3O2. The Kier molecular flexibility index (Phi) is 4.37. The van der Waals surface area contributed by atoms with E-state index in [1.54, 1.807) is 0 Å². The van der Waals surface area contributed by atoms with E-state index >= 15 is 0 Å². The van der Waals surface area contributed by atoms with Crippen LogP contribution in [0.5, 0.6) is 0 Å². The van der Waals surface area contributed by atoms with Gasteiger partial charge in [-0.2, -0.15) is 0 Å². The molecule has 3 amide bonds. The van der Waals surface area contributed by atoms with Gasteiger partial charge in [0.1, 0.15) is 0 Å². The topological polar surface area (TPSA) is 61.4 Å². The van der Waals surface area contributed by atoms with Crippen molar-refractivity contribution in [1.29, 1.82) is 0 Å². The van der Waals surface area contributed by atoms with Gasteiger partial charge in [0.2, 0.25) is 5.91 Å². The number of benzene rings is 2. The number of nitrogens with zero attached hydrogens (tertiary/aromatic N) is 1. The van der Waals surface area contributed by atoms with Crippen LogP contribution in [0.3, 0.4) is 0 Å². The monoisotopic (exact) mass is 349 g/mol. The number of nitrogens with one attached hydrogen (secondary N) is 2. The molecule has 5 nitrogen and oxygen atoms in total. The van der Waals surface area contributed by atoms with E-state index in [0.29, 0.717) is 6.54 Å². The third kappa shape index (κ3) is 3.57. The Balaban J connectivity index is 1.43. The second-order valence-electron chi connectivity index (χ2n) is 7.16. The van der Waals surface area contributed by atoms with Crippen LogP contribution in [0.1, 0.15) is 29.5 Å². The van der Waals surface area contributed by atoms with E-state index in [4.69, 9.17) is 0 Å². The molecular weight excluding hydrogens is 326 g/mol. The molecule has 1 aliphatic carbocycles. The lowest BCUT2D eigenvalue weighted by Crippen LogP contribution is -2.36. The first kappa shape index (κ1) is 16.6. The first-order valence-electron chi connectivity index (χ1n) is 9.14. The molecule has 2 aliphatic rings. The maximum atomic E-state index is 12.3. The second-order valence-corrected chi connectivity index (χ2v) is 7.16. The highest BCUT2D eigenvalue weighted by Crippen LogP contribution is 2.33. The number of rotatable bonds is 3. The summed E-state index contributed by atoms with van der Waals surface area (Å²) in [5, 5.41) is 5.77. The van der Waals surface area contributed by atoms with Crippen molar-refractivity contribution in [2.24, 2.45) is 5.92 Å². The van der Waals surface area contributed by atoms with Crippen LogP contribution in [0.25, 0.3) is 0 Å². The molecule has 5 heteroatoms. The largest absolute Gasteiger partial charge is 0.338 e. The summed E-state index contributed by atoms with van der Waals surface area (Å²) in [6.45, 7) is 3.39. The molecule has 1 fully saturated rings. The molecule has 0 aromatic heterocycles. The van der Waals surface area contributed by atoms with E-state index in [0.717, 1.165) is 48.3 Å². The highest BCUT2D eigenvalue weighted by Gasteiger charge is 2.34. The van der Waals surface area contributed by atoms with E-state index in [9.17, 15) is 9.59 Å². The van der Waals surface area contributed by atoms with Gasteiger partial charge in [-0.3, -0.25) is 4.79 Å². The summed E-state index contributed by atoms with van der Waals surface area (Å²) < 4.78 is 0. The molecule has 0 bridgehead atoms. The molecule has 2 N–H and O–H groups in total. The fraction of sp³-hybridized carbons (Fsp3) is 0.333. The lowest BCUT2D eigenvalue weighted by Gasteiger charge is -2.29. The highest BCUT2D eigenvalue weighted by molar-refractivity contribution is 6.00. The Morgan fingerprint density at radius 3 is 2.62 bits per heavy atom. The average molecular weight is 349 g/mol. The van der Waals surface area contributed by atoms with E-state index in [2.05, 4.69) is 16.7 Å². The summed E-state index contributed by atoms with van der Waals surface area (Å²) in [5.41, 5.74) is 4.94. The standard InChI is InChI=1S/C21H23N3O2/c1-14-4-2-3-5-19(14)23-21(26)22-18-9-8-15-10-11-24(13-17(15)12-18)20(25)16-6-7-16/h2-5,8-9,12,16H,6-7,10-11,13H2,1H3,(H2,22,23,26). The third-order valence-electron chi connectivity index (χ3n) is 5.11. The number of aryl methyl sites for hydroxylation is 1. The predicted molar refractivity (Wildman–Crippen MR) is 102 cm³/mol. The molecule has 0 radical (unpaired) electrons. The van der Waals surface area contributed by atoms with Crippen molar-refractivity contribution in [3.63, 3.8) is 0 Å². The summed E-state index contributed by atoms with van der Waals surface area (Å²) >= 11 is 0. The number of amides is 3. The first-order valence-corrected chi connectivity index (χ1v) is 9.14. The minimum absolute atomic E-state index is 0.248. The number of para-hydroxylation sites is 1. The molecule has 134 valence electrons. The fourth-order valence-corrected chi connectivity index (χ4v) is 3.41. The van der Waals surface area contributed by atoms with Crippen LogP contribution in [0.2, 0.25) is 0 Å². The second kappa shape index (κ2) is 6.83. The number of fused-ring (bicyclic) bond motifs is 1. The van der Waals surface area contributed by atoms with Crippen molar-refractivity contribution in [2.75, 3.05) is 17.2 Å². The lowest BCUT2D eigenvalue weighted by atomic mass is 9.98. The highest BCUT2D eigenvalue weighted by atomic mass is 16.2. The molecule has 0 unspecified atom stereocenters. The van der Waals surface area contributed by atoms with Crippen molar-refractivity contribution in [1.82, 2.24) is 4.90 Å². The van der Waals surface area contributed by atoms with E-state index in [1.165, 1.54) is 5.56 Å². The molecule has 2 aromatic rings. The lowest BCUT2D eigenvalue weighted by molar-refractivity contribution is -0.133. The minimum atomic E-state index is -0.263. The maximum absolute atomic E-state index is 12.3. The number of urea groups is 1. The van der Waals surface area contributed by atoms with Crippen LogP contribution >= 0.6 is 0 Å². The zero-order valence-electron chi connectivity index (χ0n) is 14.9. The van der Waals surface area contributed by atoms with Crippen molar-refractivity contribution < 1.29 is 9.59 Å². The molecule has 26 heavy (non-hydrogen) atoms. The molecule has 1 saturated carbocycles. The number of carbonyl (C=O) groups excluding carboxylic acids is 2. The van der Waals surface area contributed by atoms with Gasteiger partial charge < -0.3 is 15.5 Å². The van der Waals surface area contributed by atoms with Crippen molar-refractivity contribution in [2.45, 2.75) is 32.7 Å². The van der Waals surface area contributed by atoms with Gasteiger partial charge in [0.05, 0.1) is 0 Å². The molecule has 4 rings (SSSR count). The normalized spacial score (nSPS) is 16.0. The Hall–Kier alpha value is -2.82. The molecule has 0 saturated heterocycles. The summed E-state index contributed by atoms with van der Waals surface area (Å²) in [6.07, 6.45) is 2.94. The van der Waals surface area contributed by atoms with Crippen LogP contribution in [-0.2, 0) is 17.8 Å². The quantitative estimate of drug-likeness (QED) is 0.882. The van der Waals surface area contributed by atoms with Gasteiger partial charge >= 0.3 is 6.03 Å². The fourth-order valence-electron chi connectivity index (χ4n) is 3.41. The van der Waals surface area contributed by atoms with Gasteiger partial charge in [0, 0.05) is 30.4 Å². The SMILES string of the molecule is Cc1ccccc1NC(=O)Nc1ccc2c(c1)CN(C(=O)C1CC1)CC2. The minimum Gasteiger partial charge on any atom is -0.338 e. The van der Waals surface area contributed by atoms with Crippen LogP contribution in [0.4, 0.5) is 16.2 Å². The number of hydrogen-bond donors (Lipinski definition) is 2. The van der Waals surface area contributed by atoms with Gasteiger partial charge in [-0.1, -0.05) is 24.3 Å². The van der Waals surface area contributed by atoms with Crippen molar-refractivity contribution in [3.05, 3.63) is 59.2 Å². The maximum Gasteiger partial charge on any atom is 0.323 e. The Labute approximate surface area is 153 Å². The molecule has 2 aromatic carbocycles. The summed E-state index contributed by atoms with van der Waals surface area (Å²) in [4.78, 5) is 26.6. The first-order chi connectivity index (χ1) is 12.6. The summed E-state index contributed by atoms with van der Waals surface area (Å²) in [7, 11) is 0. The van der Waals surface area contributed by atoms with Gasteiger partial charge in [-0.25, -0.2) is 4.79 Å². The van der Waals surface area contributed by atoms with Gasteiger partial charge in [0.25, 0.3) is 0 Å². The van der Waals surface area contributed by atoms with Crippen LogP contribution in [0, 0.1) is 12.8 Å². The van der Waals surface area contributed by atoms with E-state index in [-0.39, 0.29) is 17.9 Å². The van der Waals surface area contributed by atoms with Crippen LogP contribution in [0.15, 0.2) is 42.5 Å². The van der Waals surface area contributed by atoms with Gasteiger partial charge in [0.15, 0.2) is 0 Å². The molecule has 1 aliphatic heterocycles. The Bertz CT molecular complexity index is 858.